The molecule has 2 aromatic rings. The first-order valence-electron chi connectivity index (χ1n) is 6.81. The first-order chi connectivity index (χ1) is 8.86. The summed E-state index contributed by atoms with van der Waals surface area (Å²) in [4.78, 5) is 0. The Hall–Kier alpha value is -1.32. The summed E-state index contributed by atoms with van der Waals surface area (Å²) in [6.45, 7) is 0. The van der Waals surface area contributed by atoms with E-state index in [0.717, 1.165) is 29.1 Å². The topological polar surface area (TPSA) is 51.2 Å². The smallest absolute Gasteiger partial charge is 0.134 e. The monoisotopic (exact) mass is 244 g/mol. The van der Waals surface area contributed by atoms with Crippen molar-refractivity contribution in [2.24, 2.45) is 11.8 Å². The van der Waals surface area contributed by atoms with Gasteiger partial charge in [0.05, 0.1) is 6.04 Å². The molecule has 3 nitrogen and oxygen atoms in total. The van der Waals surface area contributed by atoms with Crippen LogP contribution in [0.3, 0.4) is 0 Å². The van der Waals surface area contributed by atoms with Crippen LogP contribution in [0.1, 0.15) is 43.9 Å². The highest BCUT2D eigenvalue weighted by Crippen LogP contribution is 2.34. The second-order valence-electron chi connectivity index (χ2n) is 5.29. The number of hydrogen-bond acceptors (Lipinski definition) is 3. The van der Waals surface area contributed by atoms with Crippen LogP contribution in [-0.2, 0) is 0 Å². The SMILES string of the molecule is NNC(CC1CCCC1)c1cc2ccccc2o1. The van der Waals surface area contributed by atoms with E-state index in [1.54, 1.807) is 0 Å². The van der Waals surface area contributed by atoms with Gasteiger partial charge in [-0.25, -0.2) is 5.43 Å². The lowest BCUT2D eigenvalue weighted by Gasteiger charge is -2.17. The van der Waals surface area contributed by atoms with E-state index in [2.05, 4.69) is 17.6 Å². The predicted octanol–water partition coefficient (Wildman–Crippen LogP) is 3.52. The van der Waals surface area contributed by atoms with Crippen molar-refractivity contribution < 1.29 is 4.42 Å². The summed E-state index contributed by atoms with van der Waals surface area (Å²) in [5.74, 6) is 7.45. The molecule has 3 rings (SSSR count). The van der Waals surface area contributed by atoms with Crippen LogP contribution in [0.5, 0.6) is 0 Å². The van der Waals surface area contributed by atoms with Gasteiger partial charge < -0.3 is 4.42 Å². The zero-order valence-electron chi connectivity index (χ0n) is 10.6. The van der Waals surface area contributed by atoms with Gasteiger partial charge in [-0.05, 0) is 24.5 Å². The molecule has 1 aromatic heterocycles. The molecular formula is C15H20N2O. The van der Waals surface area contributed by atoms with E-state index in [4.69, 9.17) is 10.3 Å². The van der Waals surface area contributed by atoms with E-state index in [1.807, 2.05) is 18.2 Å². The van der Waals surface area contributed by atoms with Gasteiger partial charge >= 0.3 is 0 Å². The molecule has 1 saturated carbocycles. The zero-order valence-corrected chi connectivity index (χ0v) is 10.6. The average molecular weight is 244 g/mol. The molecule has 1 unspecified atom stereocenters. The molecule has 1 aromatic carbocycles. The van der Waals surface area contributed by atoms with Gasteiger partial charge in [-0.2, -0.15) is 0 Å². The van der Waals surface area contributed by atoms with E-state index >= 15 is 0 Å². The van der Waals surface area contributed by atoms with Crippen molar-refractivity contribution in [2.75, 3.05) is 0 Å². The van der Waals surface area contributed by atoms with Gasteiger partial charge in [0.15, 0.2) is 0 Å². The summed E-state index contributed by atoms with van der Waals surface area (Å²) >= 11 is 0. The molecule has 0 aliphatic heterocycles. The fourth-order valence-electron chi connectivity index (χ4n) is 3.02. The lowest BCUT2D eigenvalue weighted by molar-refractivity contribution is 0.354. The van der Waals surface area contributed by atoms with Crippen molar-refractivity contribution in [1.82, 2.24) is 5.43 Å². The fourth-order valence-corrected chi connectivity index (χ4v) is 3.02. The third-order valence-corrected chi connectivity index (χ3v) is 4.03. The molecule has 18 heavy (non-hydrogen) atoms. The largest absolute Gasteiger partial charge is 0.459 e. The van der Waals surface area contributed by atoms with Crippen LogP contribution in [0, 0.1) is 5.92 Å². The van der Waals surface area contributed by atoms with Crippen LogP contribution in [0.2, 0.25) is 0 Å². The van der Waals surface area contributed by atoms with E-state index < -0.39 is 0 Å². The maximum atomic E-state index is 5.89. The molecule has 96 valence electrons. The van der Waals surface area contributed by atoms with Gasteiger partial charge in [-0.3, -0.25) is 5.84 Å². The summed E-state index contributed by atoms with van der Waals surface area (Å²) in [6, 6.07) is 10.4. The molecule has 1 aliphatic rings. The lowest BCUT2D eigenvalue weighted by atomic mass is 9.97. The van der Waals surface area contributed by atoms with E-state index in [0.29, 0.717) is 0 Å². The van der Waals surface area contributed by atoms with Gasteiger partial charge in [0.1, 0.15) is 11.3 Å². The third-order valence-electron chi connectivity index (χ3n) is 4.03. The van der Waals surface area contributed by atoms with Gasteiger partial charge in [-0.15, -0.1) is 0 Å². The van der Waals surface area contributed by atoms with Crippen LogP contribution < -0.4 is 11.3 Å². The van der Waals surface area contributed by atoms with E-state index in [9.17, 15) is 0 Å². The normalized spacial score (nSPS) is 18.5. The van der Waals surface area contributed by atoms with Crippen LogP contribution in [0.15, 0.2) is 34.7 Å². The maximum Gasteiger partial charge on any atom is 0.134 e. The highest BCUT2D eigenvalue weighted by atomic mass is 16.3. The minimum absolute atomic E-state index is 0.139. The van der Waals surface area contributed by atoms with Crippen LogP contribution in [0.25, 0.3) is 11.0 Å². The second-order valence-corrected chi connectivity index (χ2v) is 5.29. The Morgan fingerprint density at radius 2 is 2.06 bits per heavy atom. The summed E-state index contributed by atoms with van der Waals surface area (Å²) in [7, 11) is 0. The van der Waals surface area contributed by atoms with Crippen LogP contribution >= 0.6 is 0 Å². The zero-order chi connectivity index (χ0) is 12.4. The predicted molar refractivity (Wildman–Crippen MR) is 72.9 cm³/mol. The van der Waals surface area contributed by atoms with Crippen molar-refractivity contribution in [3.05, 3.63) is 36.1 Å². The Labute approximate surface area is 107 Å². The van der Waals surface area contributed by atoms with Crippen molar-refractivity contribution in [1.29, 1.82) is 0 Å². The number of benzene rings is 1. The second kappa shape index (κ2) is 5.12. The molecule has 0 saturated heterocycles. The summed E-state index contributed by atoms with van der Waals surface area (Å²) in [5.41, 5.74) is 3.86. The first kappa shape index (κ1) is 11.8. The Morgan fingerprint density at radius 3 is 2.78 bits per heavy atom. The number of hydrazine groups is 1. The number of furan rings is 1. The van der Waals surface area contributed by atoms with Gasteiger partial charge in [0.25, 0.3) is 0 Å². The molecule has 0 radical (unpaired) electrons. The Kier molecular flexibility index (Phi) is 3.35. The van der Waals surface area contributed by atoms with Gasteiger partial charge in [0, 0.05) is 5.39 Å². The highest BCUT2D eigenvalue weighted by molar-refractivity contribution is 5.77. The summed E-state index contributed by atoms with van der Waals surface area (Å²) < 4.78 is 5.89. The lowest BCUT2D eigenvalue weighted by Crippen LogP contribution is -2.29. The fraction of sp³-hybridized carbons (Fsp3) is 0.467. The van der Waals surface area contributed by atoms with E-state index in [-0.39, 0.29) is 6.04 Å². The van der Waals surface area contributed by atoms with Crippen molar-refractivity contribution in [3.63, 3.8) is 0 Å². The molecule has 1 aliphatic carbocycles. The van der Waals surface area contributed by atoms with Crippen LogP contribution in [0.4, 0.5) is 0 Å². The van der Waals surface area contributed by atoms with Crippen molar-refractivity contribution in [3.8, 4) is 0 Å². The Balaban J connectivity index is 1.81. The minimum atomic E-state index is 0.139. The maximum absolute atomic E-state index is 5.89. The van der Waals surface area contributed by atoms with Crippen LogP contribution in [-0.4, -0.2) is 0 Å². The Bertz CT molecular complexity index is 481. The summed E-state index contributed by atoms with van der Waals surface area (Å²) in [6.07, 6.45) is 6.47. The molecule has 0 spiro atoms. The quantitative estimate of drug-likeness (QED) is 0.639. The first-order valence-corrected chi connectivity index (χ1v) is 6.81. The van der Waals surface area contributed by atoms with Gasteiger partial charge in [-0.1, -0.05) is 43.9 Å². The number of nitrogens with two attached hydrogens (primary N) is 1. The standard InChI is InChI=1S/C15H20N2O/c16-17-13(9-11-5-1-2-6-11)15-10-12-7-3-4-8-14(12)18-15/h3-4,7-8,10-11,13,17H,1-2,5-6,9,16H2. The highest BCUT2D eigenvalue weighted by Gasteiger charge is 2.22. The summed E-state index contributed by atoms with van der Waals surface area (Å²) in [5, 5.41) is 1.15. The number of fused-ring (bicyclic) bond motifs is 1. The molecule has 0 bridgehead atoms. The molecule has 3 N–H and O–H groups in total. The molecular weight excluding hydrogens is 224 g/mol. The van der Waals surface area contributed by atoms with E-state index in [1.165, 1.54) is 25.7 Å². The molecule has 1 atom stereocenters. The minimum Gasteiger partial charge on any atom is -0.459 e. The number of rotatable bonds is 4. The number of nitrogens with one attached hydrogen (secondary N) is 1. The number of hydrogen-bond donors (Lipinski definition) is 2. The molecule has 0 amide bonds. The average Bonchev–Trinajstić information content (AvgIpc) is 3.04. The third kappa shape index (κ3) is 2.28. The molecule has 3 heteroatoms. The van der Waals surface area contributed by atoms with Crippen molar-refractivity contribution in [2.45, 2.75) is 38.1 Å². The van der Waals surface area contributed by atoms with Gasteiger partial charge in [0.2, 0.25) is 0 Å². The van der Waals surface area contributed by atoms with Crippen molar-refractivity contribution >= 4 is 11.0 Å². The molecule has 1 fully saturated rings. The Morgan fingerprint density at radius 1 is 1.28 bits per heavy atom. The number of para-hydroxylation sites is 1. The molecule has 1 heterocycles.